The van der Waals surface area contributed by atoms with Crippen LogP contribution in [0.3, 0.4) is 0 Å². The van der Waals surface area contributed by atoms with Gasteiger partial charge in [0.2, 0.25) is 0 Å². The summed E-state index contributed by atoms with van der Waals surface area (Å²) in [6, 6.07) is -1.04. The molecule has 0 aromatic carbocycles. The number of allylic oxidation sites excluding steroid dienone is 1. The monoisotopic (exact) mass is 343 g/mol. The van der Waals surface area contributed by atoms with E-state index in [9.17, 15) is 9.90 Å². The quantitative estimate of drug-likeness (QED) is 0.165. The minimum absolute atomic E-state index is 0. The molecule has 0 fully saturated rings. The van der Waals surface area contributed by atoms with Crippen LogP contribution in [0, 0.1) is 0 Å². The molecule has 0 aliphatic heterocycles. The molecular weight excluding hydrogens is 317 g/mol. The zero-order chi connectivity index (χ0) is 16.9. The summed E-state index contributed by atoms with van der Waals surface area (Å²) in [5.41, 5.74) is 0.661. The molecule has 7 heteroatoms. The second-order valence-electron chi connectivity index (χ2n) is 5.61. The first kappa shape index (κ1) is 22.9. The predicted octanol–water partition coefficient (Wildman–Crippen LogP) is -0.525. The maximum absolute atomic E-state index is 11.8. The van der Waals surface area contributed by atoms with Gasteiger partial charge in [0.05, 0.1) is 6.33 Å². The maximum Gasteiger partial charge on any atom is 1.00 e. The van der Waals surface area contributed by atoms with Crippen LogP contribution in [0.25, 0.3) is 0 Å². The summed E-state index contributed by atoms with van der Waals surface area (Å²) in [5.74, 6) is -1.42. The van der Waals surface area contributed by atoms with Crippen molar-refractivity contribution in [1.29, 1.82) is 0 Å². The standard InChI is InChI=1S/C17H27N3O3.Na/c1-2-3-4-5-6-7-8-9-10-16(21)20-15(17(22)23)11-14-12-18-13-19-14;/h2,12-13,15H,1,3-11H2,(H,18,19)(H,20,21)(H,22,23);/q;+1/p-1/t15-;/m0./s1. The van der Waals surface area contributed by atoms with Crippen molar-refractivity contribution in [2.45, 2.75) is 63.8 Å². The van der Waals surface area contributed by atoms with Crippen LogP contribution in [-0.4, -0.2) is 33.0 Å². The van der Waals surface area contributed by atoms with Gasteiger partial charge in [-0.05, 0) is 31.6 Å². The first-order valence-electron chi connectivity index (χ1n) is 8.18. The fourth-order valence-corrected chi connectivity index (χ4v) is 2.30. The summed E-state index contributed by atoms with van der Waals surface area (Å²) in [4.78, 5) is 21.6. The van der Waals surface area contributed by atoms with E-state index in [1.165, 1.54) is 19.2 Å². The minimum Gasteiger partial charge on any atom is -0.862 e. The average molecular weight is 343 g/mol. The number of aromatic amines is 1. The molecule has 0 spiro atoms. The van der Waals surface area contributed by atoms with E-state index in [1.807, 2.05) is 6.08 Å². The number of carbonyl (C=O) groups is 1. The van der Waals surface area contributed by atoms with Crippen LogP contribution in [0.5, 0.6) is 0 Å². The van der Waals surface area contributed by atoms with Crippen molar-refractivity contribution >= 4 is 11.9 Å². The minimum atomic E-state index is -1.09. The second-order valence-corrected chi connectivity index (χ2v) is 5.61. The van der Waals surface area contributed by atoms with Gasteiger partial charge in [0.25, 0.3) is 0 Å². The zero-order valence-corrected chi connectivity index (χ0v) is 16.5. The van der Waals surface area contributed by atoms with Gasteiger partial charge in [-0.3, -0.25) is 4.99 Å². The molecule has 0 saturated heterocycles. The van der Waals surface area contributed by atoms with Crippen molar-refractivity contribution in [2.75, 3.05) is 0 Å². The van der Waals surface area contributed by atoms with Crippen molar-refractivity contribution < 1.29 is 44.6 Å². The van der Waals surface area contributed by atoms with Crippen molar-refractivity contribution in [3.8, 4) is 0 Å². The van der Waals surface area contributed by atoms with Gasteiger partial charge in [0, 0.05) is 18.3 Å². The van der Waals surface area contributed by atoms with Gasteiger partial charge in [-0.2, -0.15) is 0 Å². The van der Waals surface area contributed by atoms with E-state index in [0.717, 1.165) is 32.1 Å². The Morgan fingerprint density at radius 3 is 2.58 bits per heavy atom. The molecular formula is C17H26N3NaO3. The Hall–Kier alpha value is -1.11. The largest absolute Gasteiger partial charge is 1.00 e. The van der Waals surface area contributed by atoms with E-state index < -0.39 is 12.0 Å². The third-order valence-electron chi connectivity index (χ3n) is 3.60. The van der Waals surface area contributed by atoms with Gasteiger partial charge in [-0.15, -0.1) is 6.58 Å². The number of carboxylic acids is 1. The van der Waals surface area contributed by atoms with Crippen LogP contribution < -0.4 is 34.7 Å². The molecule has 1 aromatic rings. The van der Waals surface area contributed by atoms with Crippen molar-refractivity contribution in [3.05, 3.63) is 30.9 Å². The number of unbranched alkanes of at least 4 members (excludes halogenated alkanes) is 6. The van der Waals surface area contributed by atoms with Crippen LogP contribution in [0.15, 0.2) is 30.2 Å². The molecule has 0 bridgehead atoms. The molecule has 1 heterocycles. The number of nitrogens with zero attached hydrogens (tertiary/aromatic N) is 2. The molecule has 0 aliphatic rings. The smallest absolute Gasteiger partial charge is 0.862 e. The van der Waals surface area contributed by atoms with E-state index in [4.69, 9.17) is 5.11 Å². The second kappa shape index (κ2) is 14.3. The van der Waals surface area contributed by atoms with Crippen LogP contribution in [0.4, 0.5) is 0 Å². The number of imidazole rings is 1. The Morgan fingerprint density at radius 2 is 2.00 bits per heavy atom. The van der Waals surface area contributed by atoms with Gasteiger partial charge in [0.1, 0.15) is 0 Å². The fourth-order valence-electron chi connectivity index (χ4n) is 2.30. The Morgan fingerprint density at radius 1 is 1.33 bits per heavy atom. The Labute approximate surface area is 165 Å². The Bertz CT molecular complexity index is 489. The maximum atomic E-state index is 11.8. The molecule has 0 unspecified atom stereocenters. The fraction of sp³-hybridized carbons (Fsp3) is 0.588. The number of aliphatic carboxylic acids is 1. The van der Waals surface area contributed by atoms with Crippen molar-refractivity contribution in [1.82, 2.24) is 9.97 Å². The number of hydrogen-bond donors (Lipinski definition) is 2. The summed E-state index contributed by atoms with van der Waals surface area (Å²) >= 11 is 0. The van der Waals surface area contributed by atoms with E-state index in [-0.39, 0.29) is 41.9 Å². The topological polar surface area (TPSA) is 101 Å². The van der Waals surface area contributed by atoms with Gasteiger partial charge in [-0.1, -0.05) is 31.8 Å². The third-order valence-corrected chi connectivity index (χ3v) is 3.60. The number of nitrogens with one attached hydrogen (secondary N) is 1. The zero-order valence-electron chi connectivity index (χ0n) is 14.5. The van der Waals surface area contributed by atoms with E-state index in [1.54, 1.807) is 6.20 Å². The van der Waals surface area contributed by atoms with Crippen LogP contribution in [-0.2, 0) is 11.2 Å². The number of aliphatic imine (C=N–C) groups is 1. The summed E-state index contributed by atoms with van der Waals surface area (Å²) in [7, 11) is 0. The van der Waals surface area contributed by atoms with Gasteiger partial charge < -0.3 is 15.2 Å². The summed E-state index contributed by atoms with van der Waals surface area (Å²) in [5, 5.41) is 20.9. The molecule has 128 valence electrons. The Kier molecular flexibility index (Phi) is 13.6. The Balaban J connectivity index is 0.00000529. The summed E-state index contributed by atoms with van der Waals surface area (Å²) < 4.78 is 0. The molecule has 0 aliphatic carbocycles. The molecule has 6 nitrogen and oxygen atoms in total. The summed E-state index contributed by atoms with van der Waals surface area (Å²) in [6.07, 6.45) is 12.9. The summed E-state index contributed by atoms with van der Waals surface area (Å²) in [6.45, 7) is 3.69. The SMILES string of the molecule is C=CCCCCCCCCC([O-])=N[C@@H](Cc1cnc[nH]1)C(=O)O.[Na+]. The molecule has 0 amide bonds. The van der Waals surface area contributed by atoms with Crippen molar-refractivity contribution in [2.24, 2.45) is 4.99 Å². The van der Waals surface area contributed by atoms with E-state index in [2.05, 4.69) is 21.5 Å². The van der Waals surface area contributed by atoms with E-state index >= 15 is 0 Å². The number of hydrogen-bond acceptors (Lipinski definition) is 4. The average Bonchev–Trinajstić information content (AvgIpc) is 3.02. The normalized spacial score (nSPS) is 12.4. The van der Waals surface area contributed by atoms with Crippen molar-refractivity contribution in [3.63, 3.8) is 0 Å². The molecule has 0 saturated carbocycles. The van der Waals surface area contributed by atoms with Gasteiger partial charge in [-0.25, -0.2) is 9.78 Å². The van der Waals surface area contributed by atoms with E-state index in [0.29, 0.717) is 12.1 Å². The van der Waals surface area contributed by atoms with Gasteiger partial charge in [0.15, 0.2) is 6.04 Å². The van der Waals surface area contributed by atoms with Crippen LogP contribution in [0.2, 0.25) is 0 Å². The number of H-pyrrole nitrogens is 1. The molecule has 24 heavy (non-hydrogen) atoms. The molecule has 1 rings (SSSR count). The predicted molar refractivity (Wildman–Crippen MR) is 88.3 cm³/mol. The molecule has 1 aromatic heterocycles. The number of carboxylic acid groups (broad SMARTS) is 1. The van der Waals surface area contributed by atoms with Crippen LogP contribution in [0.1, 0.15) is 57.1 Å². The number of aromatic nitrogens is 2. The van der Waals surface area contributed by atoms with Gasteiger partial charge >= 0.3 is 35.5 Å². The molecule has 0 radical (unpaired) electrons. The third kappa shape index (κ3) is 10.6. The first-order valence-corrected chi connectivity index (χ1v) is 8.18. The molecule has 1 atom stereocenters. The molecule has 2 N–H and O–H groups in total. The number of rotatable bonds is 13. The first-order chi connectivity index (χ1) is 11.1. The van der Waals surface area contributed by atoms with Crippen LogP contribution >= 0.6 is 0 Å².